The van der Waals surface area contributed by atoms with Gasteiger partial charge in [0.15, 0.2) is 0 Å². The van der Waals surface area contributed by atoms with Crippen LogP contribution in [0.2, 0.25) is 0 Å². The zero-order valence-corrected chi connectivity index (χ0v) is 10.8. The summed E-state index contributed by atoms with van der Waals surface area (Å²) >= 11 is 6.00. The van der Waals surface area contributed by atoms with E-state index in [-0.39, 0.29) is 5.75 Å². The topological polar surface area (TPSA) is 46.2 Å². The molecule has 0 aliphatic heterocycles. The molecule has 0 saturated heterocycles. The van der Waals surface area contributed by atoms with Gasteiger partial charge in [0.1, 0.15) is 9.84 Å². The van der Waals surface area contributed by atoms with Crippen molar-refractivity contribution in [3.8, 4) is 0 Å². The van der Waals surface area contributed by atoms with E-state index < -0.39 is 9.84 Å². The molecule has 1 rings (SSSR count). The predicted octanol–water partition coefficient (Wildman–Crippen LogP) is 1.42. The van der Waals surface area contributed by atoms with E-state index in [0.717, 1.165) is 19.4 Å². The van der Waals surface area contributed by atoms with Gasteiger partial charge in [0.2, 0.25) is 0 Å². The highest BCUT2D eigenvalue weighted by atomic mass is 35.5. The molecule has 0 heterocycles. The Morgan fingerprint density at radius 2 is 1.87 bits per heavy atom. The lowest BCUT2D eigenvalue weighted by molar-refractivity contribution is 0.349. The second kappa shape index (κ2) is 6.06. The molecule has 3 nitrogen and oxygen atoms in total. The van der Waals surface area contributed by atoms with E-state index in [9.17, 15) is 8.42 Å². The first-order chi connectivity index (χ1) is 6.97. The van der Waals surface area contributed by atoms with Crippen LogP contribution in [-0.4, -0.2) is 38.9 Å². The zero-order valence-electron chi connectivity index (χ0n) is 9.21. The molecule has 15 heavy (non-hydrogen) atoms. The molecule has 0 radical (unpaired) electrons. The monoisotopic (exact) mass is 253 g/mol. The van der Waals surface area contributed by atoms with Crippen LogP contribution in [0.1, 0.15) is 25.7 Å². The number of halogens is 1. The van der Waals surface area contributed by atoms with Crippen LogP contribution in [0.4, 0.5) is 0 Å². The molecule has 0 aromatic heterocycles. The quantitative estimate of drug-likeness (QED) is 0.596. The number of rotatable bonds is 5. The van der Waals surface area contributed by atoms with Gasteiger partial charge in [-0.1, -0.05) is 0 Å². The third-order valence-corrected chi connectivity index (χ3v) is 4.24. The fraction of sp³-hybridized carbons (Fsp3) is 1.00. The molecule has 90 valence electrons. The van der Waals surface area contributed by atoms with Crippen molar-refractivity contribution in [1.82, 2.24) is 5.32 Å². The SMILES string of the molecule is CS(=O)(=O)CCNCC1CCC(Cl)CC1. The van der Waals surface area contributed by atoms with Crippen molar-refractivity contribution >= 4 is 21.4 Å². The molecule has 1 aliphatic rings. The summed E-state index contributed by atoms with van der Waals surface area (Å²) in [4.78, 5) is 0. The lowest BCUT2D eigenvalue weighted by atomic mass is 9.89. The highest BCUT2D eigenvalue weighted by Crippen LogP contribution is 2.26. The molecule has 1 fully saturated rings. The average molecular weight is 254 g/mol. The van der Waals surface area contributed by atoms with Gasteiger partial charge in [0.05, 0.1) is 5.75 Å². The minimum absolute atomic E-state index is 0.234. The first-order valence-electron chi connectivity index (χ1n) is 5.50. The third-order valence-electron chi connectivity index (χ3n) is 2.86. The van der Waals surface area contributed by atoms with Crippen molar-refractivity contribution in [3.63, 3.8) is 0 Å². The normalized spacial score (nSPS) is 27.9. The summed E-state index contributed by atoms with van der Waals surface area (Å²) in [6.07, 6.45) is 5.80. The minimum Gasteiger partial charge on any atom is -0.315 e. The molecule has 0 amide bonds. The van der Waals surface area contributed by atoms with Crippen molar-refractivity contribution in [2.24, 2.45) is 5.92 Å². The molecule has 0 aromatic carbocycles. The lowest BCUT2D eigenvalue weighted by Crippen LogP contribution is -2.30. The van der Waals surface area contributed by atoms with Crippen LogP contribution >= 0.6 is 11.6 Å². The molecular formula is C10H20ClNO2S. The summed E-state index contributed by atoms with van der Waals surface area (Å²) in [6.45, 7) is 1.50. The van der Waals surface area contributed by atoms with Crippen LogP contribution in [0, 0.1) is 5.92 Å². The second-order valence-corrected chi connectivity index (χ2v) is 7.33. The van der Waals surface area contributed by atoms with E-state index in [1.807, 2.05) is 0 Å². The fourth-order valence-electron chi connectivity index (χ4n) is 1.89. The number of hydrogen-bond acceptors (Lipinski definition) is 3. The van der Waals surface area contributed by atoms with Crippen molar-refractivity contribution in [2.75, 3.05) is 25.1 Å². The van der Waals surface area contributed by atoms with Gasteiger partial charge >= 0.3 is 0 Å². The predicted molar refractivity (Wildman–Crippen MR) is 64.2 cm³/mol. The van der Waals surface area contributed by atoms with E-state index in [0.29, 0.717) is 17.8 Å². The Bertz CT molecular complexity index is 271. The van der Waals surface area contributed by atoms with Gasteiger partial charge in [0, 0.05) is 18.2 Å². The summed E-state index contributed by atoms with van der Waals surface area (Å²) < 4.78 is 21.7. The highest BCUT2D eigenvalue weighted by Gasteiger charge is 2.18. The van der Waals surface area contributed by atoms with Crippen LogP contribution in [0.5, 0.6) is 0 Å². The fourth-order valence-corrected chi connectivity index (χ4v) is 2.66. The Morgan fingerprint density at radius 3 is 2.40 bits per heavy atom. The van der Waals surface area contributed by atoms with E-state index in [1.165, 1.54) is 19.1 Å². The number of nitrogens with one attached hydrogen (secondary N) is 1. The van der Waals surface area contributed by atoms with Gasteiger partial charge in [-0.2, -0.15) is 0 Å². The summed E-state index contributed by atoms with van der Waals surface area (Å²) in [5.41, 5.74) is 0. The van der Waals surface area contributed by atoms with E-state index >= 15 is 0 Å². The Hall–Kier alpha value is 0.200. The zero-order chi connectivity index (χ0) is 11.3. The third kappa shape index (κ3) is 6.38. The number of hydrogen-bond donors (Lipinski definition) is 1. The van der Waals surface area contributed by atoms with Gasteiger partial charge in [-0.05, 0) is 38.1 Å². The van der Waals surface area contributed by atoms with Gasteiger partial charge < -0.3 is 5.32 Å². The Labute approximate surface area is 97.5 Å². The smallest absolute Gasteiger partial charge is 0.148 e. The summed E-state index contributed by atoms with van der Waals surface area (Å²) in [6, 6.07) is 0. The van der Waals surface area contributed by atoms with Crippen LogP contribution in [0.3, 0.4) is 0 Å². The van der Waals surface area contributed by atoms with Crippen molar-refractivity contribution in [3.05, 3.63) is 0 Å². The maximum atomic E-state index is 10.9. The van der Waals surface area contributed by atoms with Crippen LogP contribution in [-0.2, 0) is 9.84 Å². The highest BCUT2D eigenvalue weighted by molar-refractivity contribution is 7.90. The van der Waals surface area contributed by atoms with Crippen LogP contribution in [0.25, 0.3) is 0 Å². The standard InChI is InChI=1S/C10H20ClNO2S/c1-15(13,14)7-6-12-8-9-2-4-10(11)5-3-9/h9-10,12H,2-8H2,1H3. The molecule has 0 unspecified atom stereocenters. The molecule has 0 bridgehead atoms. The van der Waals surface area contributed by atoms with Crippen molar-refractivity contribution < 1.29 is 8.42 Å². The second-order valence-electron chi connectivity index (χ2n) is 4.45. The Balaban J connectivity index is 2.06. The van der Waals surface area contributed by atoms with Gasteiger partial charge in [-0.15, -0.1) is 11.6 Å². The van der Waals surface area contributed by atoms with E-state index in [1.54, 1.807) is 0 Å². The first kappa shape index (κ1) is 13.3. The largest absolute Gasteiger partial charge is 0.315 e. The number of alkyl halides is 1. The van der Waals surface area contributed by atoms with Crippen molar-refractivity contribution in [1.29, 1.82) is 0 Å². The molecular weight excluding hydrogens is 234 g/mol. The summed E-state index contributed by atoms with van der Waals surface area (Å²) in [5.74, 6) is 0.914. The molecule has 0 atom stereocenters. The molecule has 1 aliphatic carbocycles. The summed E-state index contributed by atoms with van der Waals surface area (Å²) in [7, 11) is -2.82. The van der Waals surface area contributed by atoms with E-state index in [2.05, 4.69) is 5.32 Å². The van der Waals surface area contributed by atoms with Gasteiger partial charge in [-0.25, -0.2) is 8.42 Å². The molecule has 1 saturated carbocycles. The minimum atomic E-state index is -2.82. The van der Waals surface area contributed by atoms with E-state index in [4.69, 9.17) is 11.6 Å². The lowest BCUT2D eigenvalue weighted by Gasteiger charge is -2.25. The van der Waals surface area contributed by atoms with Gasteiger partial charge in [0.25, 0.3) is 0 Å². The molecule has 5 heteroatoms. The molecule has 0 aromatic rings. The Kier molecular flexibility index (Phi) is 5.36. The average Bonchev–Trinajstić information content (AvgIpc) is 2.14. The van der Waals surface area contributed by atoms with Crippen molar-refractivity contribution in [2.45, 2.75) is 31.1 Å². The maximum Gasteiger partial charge on any atom is 0.148 e. The van der Waals surface area contributed by atoms with Gasteiger partial charge in [-0.3, -0.25) is 0 Å². The molecule has 1 N–H and O–H groups in total. The number of sulfone groups is 1. The van der Waals surface area contributed by atoms with Crippen LogP contribution < -0.4 is 5.32 Å². The Morgan fingerprint density at radius 1 is 1.27 bits per heavy atom. The molecule has 0 spiro atoms. The summed E-state index contributed by atoms with van der Waals surface area (Å²) in [5, 5.41) is 3.56. The first-order valence-corrected chi connectivity index (χ1v) is 7.99. The maximum absolute atomic E-state index is 10.9. The van der Waals surface area contributed by atoms with Crippen LogP contribution in [0.15, 0.2) is 0 Å².